The van der Waals surface area contributed by atoms with Gasteiger partial charge in [0, 0.05) is 56.4 Å². The van der Waals surface area contributed by atoms with Crippen molar-refractivity contribution < 1.29 is 41.5 Å². The van der Waals surface area contributed by atoms with Gasteiger partial charge in [-0.3, -0.25) is 14.8 Å². The number of hydrogen-bond acceptors (Lipinski definition) is 9. The zero-order valence-electron chi connectivity index (χ0n) is 21.2. The molecule has 0 aliphatic carbocycles. The summed E-state index contributed by atoms with van der Waals surface area (Å²) in [6, 6.07) is 7.09. The number of amides is 1. The number of aliphatic carboxylic acids is 1. The molecule has 0 aliphatic heterocycles. The largest absolute Gasteiger partial charge is 0.490 e. The number of anilines is 1. The number of carboxylic acids is 1. The number of sulfone groups is 1. The number of fused-ring (bicyclic) bond motifs is 1. The molecule has 1 atom stereocenters. The van der Waals surface area contributed by atoms with Crippen molar-refractivity contribution in [3.8, 4) is 11.1 Å². The summed E-state index contributed by atoms with van der Waals surface area (Å²) < 4.78 is 55.5. The number of nitrogens with one attached hydrogen (secondary N) is 1. The summed E-state index contributed by atoms with van der Waals surface area (Å²) in [5.41, 5.74) is 2.75. The van der Waals surface area contributed by atoms with Crippen LogP contribution in [0.1, 0.15) is 13.3 Å². The maximum Gasteiger partial charge on any atom is 0.490 e. The minimum Gasteiger partial charge on any atom is -0.475 e. The van der Waals surface area contributed by atoms with Crippen LogP contribution in [-0.4, -0.2) is 76.4 Å². The van der Waals surface area contributed by atoms with Gasteiger partial charge in [-0.25, -0.2) is 28.7 Å². The van der Waals surface area contributed by atoms with Crippen LogP contribution in [-0.2, 0) is 26.0 Å². The number of pyridine rings is 1. The van der Waals surface area contributed by atoms with Gasteiger partial charge in [0.15, 0.2) is 14.6 Å². The first-order valence-electron chi connectivity index (χ1n) is 11.0. The molecule has 1 amide bonds. The van der Waals surface area contributed by atoms with Crippen molar-refractivity contribution in [1.29, 1.82) is 0 Å². The molecule has 0 aliphatic rings. The van der Waals surface area contributed by atoms with Crippen LogP contribution in [0.15, 0.2) is 47.7 Å². The fourth-order valence-corrected chi connectivity index (χ4v) is 4.11. The molecule has 12 nitrogen and oxygen atoms in total. The third-order valence-corrected chi connectivity index (χ3v) is 7.85. The molecule has 0 saturated heterocycles. The highest BCUT2D eigenvalue weighted by Gasteiger charge is 2.43. The summed E-state index contributed by atoms with van der Waals surface area (Å²) in [7, 11) is -0.144. The fourth-order valence-electron chi connectivity index (χ4n) is 3.26. The van der Waals surface area contributed by atoms with E-state index in [1.807, 2.05) is 20.2 Å². The van der Waals surface area contributed by atoms with Gasteiger partial charge in [0.25, 0.3) is 11.5 Å². The van der Waals surface area contributed by atoms with E-state index in [9.17, 15) is 31.2 Å². The molecule has 0 spiro atoms. The maximum atomic E-state index is 12.9. The van der Waals surface area contributed by atoms with E-state index < -0.39 is 32.6 Å². The Bertz CT molecular complexity index is 1520. The molecule has 0 radical (unpaired) electrons. The molecule has 3 N–H and O–H groups in total. The quantitative estimate of drug-likeness (QED) is 0.280. The first kappa shape index (κ1) is 31.2. The average molecular weight is 574 g/mol. The number of alkyl halides is 3. The van der Waals surface area contributed by atoms with E-state index in [-0.39, 0.29) is 18.5 Å². The van der Waals surface area contributed by atoms with Gasteiger partial charge in [-0.05, 0) is 42.5 Å². The van der Waals surface area contributed by atoms with E-state index in [2.05, 4.69) is 9.97 Å². The van der Waals surface area contributed by atoms with Gasteiger partial charge in [-0.2, -0.15) is 13.2 Å². The second-order valence-electron chi connectivity index (χ2n) is 8.78. The molecule has 16 heteroatoms. The molecular formula is C23H26F3N5O7S. The third-order valence-electron chi connectivity index (χ3n) is 5.82. The lowest BCUT2D eigenvalue weighted by Crippen LogP contribution is -2.49. The minimum atomic E-state index is -5.08. The molecule has 0 bridgehead atoms. The Balaban J connectivity index is 0.000000673. The van der Waals surface area contributed by atoms with Crippen LogP contribution in [0.4, 0.5) is 19.1 Å². The maximum absolute atomic E-state index is 12.9. The molecule has 2 aromatic heterocycles. The van der Waals surface area contributed by atoms with Gasteiger partial charge >= 0.3 is 12.1 Å². The van der Waals surface area contributed by atoms with Crippen molar-refractivity contribution in [3.05, 3.63) is 53.2 Å². The molecule has 0 saturated carbocycles. The van der Waals surface area contributed by atoms with Gasteiger partial charge in [0.2, 0.25) is 5.95 Å². The van der Waals surface area contributed by atoms with Crippen LogP contribution in [0.5, 0.6) is 0 Å². The topological polar surface area (TPSA) is 172 Å². The normalized spacial score (nSPS) is 13.1. The van der Waals surface area contributed by atoms with E-state index in [1.54, 1.807) is 41.7 Å². The lowest BCUT2D eigenvalue weighted by Gasteiger charge is -2.25. The lowest BCUT2D eigenvalue weighted by atomic mass is 10.0. The number of carboxylic acid groups (broad SMARTS) is 1. The molecule has 39 heavy (non-hydrogen) atoms. The van der Waals surface area contributed by atoms with E-state index >= 15 is 0 Å². The predicted molar refractivity (Wildman–Crippen MR) is 135 cm³/mol. The number of carbonyl (C=O) groups excluding carboxylic acids is 1. The first-order chi connectivity index (χ1) is 17.9. The Labute approximate surface area is 220 Å². The highest BCUT2D eigenvalue weighted by atomic mass is 32.2. The highest BCUT2D eigenvalue weighted by Crippen LogP contribution is 2.24. The van der Waals surface area contributed by atoms with Crippen molar-refractivity contribution in [2.24, 2.45) is 0 Å². The average Bonchev–Trinajstić information content (AvgIpc) is 2.86. The molecule has 3 rings (SSSR count). The number of halogens is 3. The number of carbonyl (C=O) groups is 2. The predicted octanol–water partition coefficient (Wildman–Crippen LogP) is 1.86. The minimum absolute atomic E-state index is 0.0205. The van der Waals surface area contributed by atoms with E-state index in [0.29, 0.717) is 16.7 Å². The number of rotatable bonds is 7. The van der Waals surface area contributed by atoms with Crippen LogP contribution >= 0.6 is 0 Å². The SMILES string of the molecule is CN(C)c1ncc(-c2ccc3c(=O)n(CC[C@](C)(C(=O)NO)S(C)(=O)=O)ccc3c2)cn1.O=C(O)C(F)(F)F. The smallest absolute Gasteiger partial charge is 0.475 e. The summed E-state index contributed by atoms with van der Waals surface area (Å²) in [6.45, 7) is 1.20. The zero-order chi connectivity index (χ0) is 29.8. The Kier molecular flexibility index (Phi) is 9.41. The van der Waals surface area contributed by atoms with E-state index in [0.717, 1.165) is 17.4 Å². The van der Waals surface area contributed by atoms with Gasteiger partial charge in [0.1, 0.15) is 0 Å². The van der Waals surface area contributed by atoms with Crippen molar-refractivity contribution in [2.75, 3.05) is 25.3 Å². The molecule has 212 valence electrons. The molecule has 0 fully saturated rings. The number of benzene rings is 1. The number of aromatic nitrogens is 3. The Morgan fingerprint density at radius 1 is 1.10 bits per heavy atom. The number of nitrogens with zero attached hydrogens (tertiary/aromatic N) is 4. The van der Waals surface area contributed by atoms with Crippen molar-refractivity contribution in [1.82, 2.24) is 20.0 Å². The number of hydrogen-bond donors (Lipinski definition) is 3. The van der Waals surface area contributed by atoms with Crippen LogP contribution in [0.3, 0.4) is 0 Å². The van der Waals surface area contributed by atoms with Gasteiger partial charge < -0.3 is 14.6 Å². The third kappa shape index (κ3) is 7.29. The van der Waals surface area contributed by atoms with Gasteiger partial charge in [-0.1, -0.05) is 6.07 Å². The summed E-state index contributed by atoms with van der Waals surface area (Å²) in [4.78, 5) is 44.2. The standard InChI is InChI=1S/C21H25N5O5S.C2HF3O2/c1-21(19(28)24-29,32(4,30)31)8-10-26-9-7-15-11-14(5-6-17(15)18(26)27)16-12-22-20(23-13-16)25(2)3;3-2(4,5)1(6)7/h5-7,9,11-13,29H,8,10H2,1-4H3,(H,24,28);(H,6,7)/t21-;/m1./s1. The van der Waals surface area contributed by atoms with Crippen molar-refractivity contribution in [2.45, 2.75) is 30.8 Å². The summed E-state index contributed by atoms with van der Waals surface area (Å²) in [5, 5.41) is 17.2. The Morgan fingerprint density at radius 2 is 1.67 bits per heavy atom. The van der Waals surface area contributed by atoms with Crippen LogP contribution in [0.25, 0.3) is 21.9 Å². The molecule has 3 aromatic rings. The fraction of sp³-hybridized carbons (Fsp3) is 0.348. The number of hydroxylamine groups is 1. The van der Waals surface area contributed by atoms with Crippen molar-refractivity contribution >= 4 is 38.4 Å². The van der Waals surface area contributed by atoms with E-state index in [4.69, 9.17) is 15.1 Å². The molecule has 2 heterocycles. The van der Waals surface area contributed by atoms with Crippen LogP contribution in [0.2, 0.25) is 0 Å². The zero-order valence-corrected chi connectivity index (χ0v) is 22.0. The molecular weight excluding hydrogens is 547 g/mol. The summed E-state index contributed by atoms with van der Waals surface area (Å²) in [6.07, 6.45) is 0.630. The van der Waals surface area contributed by atoms with Gasteiger partial charge in [-0.15, -0.1) is 0 Å². The monoisotopic (exact) mass is 573 g/mol. The Morgan fingerprint density at radius 3 is 2.13 bits per heavy atom. The summed E-state index contributed by atoms with van der Waals surface area (Å²) >= 11 is 0. The van der Waals surface area contributed by atoms with Gasteiger partial charge in [0.05, 0.1) is 0 Å². The first-order valence-corrected chi connectivity index (χ1v) is 12.9. The second-order valence-corrected chi connectivity index (χ2v) is 11.2. The second kappa shape index (κ2) is 11.8. The number of aryl methyl sites for hydroxylation is 1. The van der Waals surface area contributed by atoms with Crippen LogP contribution in [0, 0.1) is 0 Å². The Hall–Kier alpha value is -4.05. The summed E-state index contributed by atoms with van der Waals surface area (Å²) in [5.74, 6) is -3.21. The van der Waals surface area contributed by atoms with Crippen molar-refractivity contribution in [3.63, 3.8) is 0 Å². The highest BCUT2D eigenvalue weighted by molar-refractivity contribution is 7.92. The molecule has 0 unspecified atom stereocenters. The van der Waals surface area contributed by atoms with E-state index in [1.165, 1.54) is 17.0 Å². The lowest BCUT2D eigenvalue weighted by molar-refractivity contribution is -0.192. The molecule has 1 aromatic carbocycles. The van der Waals surface area contributed by atoms with Crippen LogP contribution < -0.4 is 15.9 Å².